The summed E-state index contributed by atoms with van der Waals surface area (Å²) < 4.78 is 0. The lowest BCUT2D eigenvalue weighted by Gasteiger charge is -2.12. The van der Waals surface area contributed by atoms with Crippen molar-refractivity contribution in [1.82, 2.24) is 5.32 Å². The minimum Gasteiger partial charge on any atom is -0.376 e. The predicted octanol–water partition coefficient (Wildman–Crippen LogP) is 3.49. The molecular formula is C20H25N3O2. The second kappa shape index (κ2) is 8.87. The first-order valence-corrected chi connectivity index (χ1v) is 8.49. The Bertz CT molecular complexity index is 756. The van der Waals surface area contributed by atoms with Gasteiger partial charge in [0.05, 0.1) is 6.54 Å². The number of benzene rings is 2. The Balaban J connectivity index is 1.94. The second-order valence-electron chi connectivity index (χ2n) is 5.99. The largest absolute Gasteiger partial charge is 0.376 e. The van der Waals surface area contributed by atoms with Crippen molar-refractivity contribution in [2.24, 2.45) is 0 Å². The molecule has 2 rings (SSSR count). The molecule has 0 aromatic heterocycles. The van der Waals surface area contributed by atoms with Crippen LogP contribution in [0.4, 0.5) is 11.4 Å². The summed E-state index contributed by atoms with van der Waals surface area (Å²) in [4.78, 5) is 24.1. The molecule has 0 aliphatic rings. The van der Waals surface area contributed by atoms with E-state index in [2.05, 4.69) is 16.0 Å². The molecule has 0 aliphatic carbocycles. The van der Waals surface area contributed by atoms with Crippen molar-refractivity contribution in [3.8, 4) is 0 Å². The number of carbonyl (C=O) groups excluding carboxylic acids is 2. The number of carbonyl (C=O) groups is 2. The van der Waals surface area contributed by atoms with Crippen molar-refractivity contribution in [1.29, 1.82) is 0 Å². The minimum atomic E-state index is -0.160. The summed E-state index contributed by atoms with van der Waals surface area (Å²) in [6, 6.07) is 12.9. The van der Waals surface area contributed by atoms with E-state index in [0.29, 0.717) is 17.8 Å². The molecule has 0 heterocycles. The maximum Gasteiger partial charge on any atom is 0.251 e. The van der Waals surface area contributed by atoms with Gasteiger partial charge >= 0.3 is 0 Å². The lowest BCUT2D eigenvalue weighted by Crippen LogP contribution is -2.25. The molecule has 0 fully saturated rings. The van der Waals surface area contributed by atoms with E-state index in [0.717, 1.165) is 17.7 Å². The summed E-state index contributed by atoms with van der Waals surface area (Å²) in [6.07, 6.45) is 0.881. The van der Waals surface area contributed by atoms with Crippen molar-refractivity contribution in [3.05, 3.63) is 59.2 Å². The summed E-state index contributed by atoms with van der Waals surface area (Å²) in [5.74, 6) is -0.293. The van der Waals surface area contributed by atoms with Crippen LogP contribution in [0.25, 0.3) is 0 Å². The van der Waals surface area contributed by atoms with Crippen molar-refractivity contribution < 1.29 is 9.59 Å². The summed E-state index contributed by atoms with van der Waals surface area (Å²) in [7, 11) is 0. The van der Waals surface area contributed by atoms with Gasteiger partial charge in [-0.15, -0.1) is 0 Å². The summed E-state index contributed by atoms with van der Waals surface area (Å²) in [5, 5.41) is 8.79. The maximum absolute atomic E-state index is 12.2. The Morgan fingerprint density at radius 1 is 1.04 bits per heavy atom. The fraction of sp³-hybridized carbons (Fsp3) is 0.300. The van der Waals surface area contributed by atoms with Crippen LogP contribution in [-0.4, -0.2) is 24.9 Å². The van der Waals surface area contributed by atoms with Gasteiger partial charge < -0.3 is 16.0 Å². The normalized spacial score (nSPS) is 10.2. The molecule has 0 aliphatic heterocycles. The Hall–Kier alpha value is -2.82. The van der Waals surface area contributed by atoms with Gasteiger partial charge in [0.1, 0.15) is 0 Å². The lowest BCUT2D eigenvalue weighted by atomic mass is 10.1. The molecule has 25 heavy (non-hydrogen) atoms. The average Bonchev–Trinajstić information content (AvgIpc) is 2.61. The van der Waals surface area contributed by atoms with Crippen LogP contribution >= 0.6 is 0 Å². The van der Waals surface area contributed by atoms with Crippen LogP contribution < -0.4 is 16.0 Å². The average molecular weight is 339 g/mol. The van der Waals surface area contributed by atoms with Crippen LogP contribution in [0.2, 0.25) is 0 Å². The van der Waals surface area contributed by atoms with Crippen molar-refractivity contribution in [3.63, 3.8) is 0 Å². The third-order valence-corrected chi connectivity index (χ3v) is 3.99. The Labute approximate surface area is 148 Å². The van der Waals surface area contributed by atoms with Crippen molar-refractivity contribution in [2.75, 3.05) is 23.7 Å². The predicted molar refractivity (Wildman–Crippen MR) is 102 cm³/mol. The lowest BCUT2D eigenvalue weighted by molar-refractivity contribution is -0.114. The van der Waals surface area contributed by atoms with Gasteiger partial charge in [-0.25, -0.2) is 0 Å². The van der Waals surface area contributed by atoms with Gasteiger partial charge in [0.15, 0.2) is 0 Å². The van der Waals surface area contributed by atoms with Gasteiger partial charge in [-0.2, -0.15) is 0 Å². The Kier molecular flexibility index (Phi) is 6.57. The number of aryl methyl sites for hydroxylation is 1. The van der Waals surface area contributed by atoms with Crippen LogP contribution in [0.1, 0.15) is 34.8 Å². The van der Waals surface area contributed by atoms with E-state index in [1.807, 2.05) is 39.0 Å². The first-order chi connectivity index (χ1) is 12.0. The second-order valence-corrected chi connectivity index (χ2v) is 5.99. The number of nitrogens with one attached hydrogen (secondary N) is 3. The summed E-state index contributed by atoms with van der Waals surface area (Å²) in [6.45, 7) is 6.86. The topological polar surface area (TPSA) is 70.2 Å². The van der Waals surface area contributed by atoms with Crippen molar-refractivity contribution in [2.45, 2.75) is 27.2 Å². The van der Waals surface area contributed by atoms with E-state index >= 15 is 0 Å². The van der Waals surface area contributed by atoms with Crippen LogP contribution in [0.5, 0.6) is 0 Å². The number of hydrogen-bond donors (Lipinski definition) is 3. The molecule has 0 atom stereocenters. The molecule has 2 aromatic carbocycles. The van der Waals surface area contributed by atoms with E-state index in [9.17, 15) is 9.59 Å². The van der Waals surface area contributed by atoms with Gasteiger partial charge in [-0.05, 0) is 55.7 Å². The van der Waals surface area contributed by atoms with Crippen LogP contribution in [0, 0.1) is 13.8 Å². The fourth-order valence-electron chi connectivity index (χ4n) is 2.40. The number of anilines is 2. The van der Waals surface area contributed by atoms with E-state index in [4.69, 9.17) is 0 Å². The number of amides is 2. The SMILES string of the molecule is CCCNC(=O)c1cccc(NC(=O)CNc2cccc(C)c2C)c1. The molecule has 2 aromatic rings. The zero-order valence-electron chi connectivity index (χ0n) is 15.0. The quantitative estimate of drug-likeness (QED) is 0.723. The molecule has 0 spiro atoms. The highest BCUT2D eigenvalue weighted by Gasteiger charge is 2.08. The van der Waals surface area contributed by atoms with E-state index in [-0.39, 0.29) is 18.4 Å². The first kappa shape index (κ1) is 18.5. The highest BCUT2D eigenvalue weighted by molar-refractivity contribution is 5.98. The zero-order valence-corrected chi connectivity index (χ0v) is 15.0. The van der Waals surface area contributed by atoms with Crippen LogP contribution in [0.3, 0.4) is 0 Å². The molecule has 3 N–H and O–H groups in total. The van der Waals surface area contributed by atoms with Crippen molar-refractivity contribution >= 4 is 23.2 Å². The standard InChI is InChI=1S/C20H25N3O2/c1-4-11-21-20(25)16-8-6-9-17(12-16)23-19(24)13-22-18-10-5-7-14(2)15(18)3/h5-10,12,22H,4,11,13H2,1-3H3,(H,21,25)(H,23,24). The number of hydrogen-bond acceptors (Lipinski definition) is 3. The molecule has 0 unspecified atom stereocenters. The van der Waals surface area contributed by atoms with Gasteiger partial charge in [-0.3, -0.25) is 9.59 Å². The van der Waals surface area contributed by atoms with Gasteiger partial charge in [0.2, 0.25) is 5.91 Å². The smallest absolute Gasteiger partial charge is 0.251 e. The highest BCUT2D eigenvalue weighted by atomic mass is 16.2. The van der Waals surface area contributed by atoms with Gasteiger partial charge in [0.25, 0.3) is 5.91 Å². The number of rotatable bonds is 7. The van der Waals surface area contributed by atoms with E-state index in [1.165, 1.54) is 5.56 Å². The highest BCUT2D eigenvalue weighted by Crippen LogP contribution is 2.17. The fourth-order valence-corrected chi connectivity index (χ4v) is 2.40. The van der Waals surface area contributed by atoms with E-state index in [1.54, 1.807) is 24.3 Å². The molecule has 0 saturated heterocycles. The molecule has 5 nitrogen and oxygen atoms in total. The maximum atomic E-state index is 12.2. The van der Waals surface area contributed by atoms with Gasteiger partial charge in [0, 0.05) is 23.5 Å². The first-order valence-electron chi connectivity index (χ1n) is 8.49. The van der Waals surface area contributed by atoms with Gasteiger partial charge in [-0.1, -0.05) is 25.1 Å². The Morgan fingerprint density at radius 2 is 1.80 bits per heavy atom. The molecule has 0 radical (unpaired) electrons. The minimum absolute atomic E-state index is 0.133. The Morgan fingerprint density at radius 3 is 2.56 bits per heavy atom. The van der Waals surface area contributed by atoms with Crippen LogP contribution in [0.15, 0.2) is 42.5 Å². The molecule has 0 bridgehead atoms. The molecule has 5 heteroatoms. The third-order valence-electron chi connectivity index (χ3n) is 3.99. The molecule has 0 saturated carbocycles. The molecular weight excluding hydrogens is 314 g/mol. The van der Waals surface area contributed by atoms with Crippen LogP contribution in [-0.2, 0) is 4.79 Å². The zero-order chi connectivity index (χ0) is 18.2. The summed E-state index contributed by atoms with van der Waals surface area (Å²) in [5.41, 5.74) is 4.40. The third kappa shape index (κ3) is 5.35. The summed E-state index contributed by atoms with van der Waals surface area (Å²) >= 11 is 0. The van der Waals surface area contributed by atoms with E-state index < -0.39 is 0 Å². The molecule has 2 amide bonds. The molecule has 132 valence electrons. The monoisotopic (exact) mass is 339 g/mol.